The van der Waals surface area contributed by atoms with E-state index in [4.69, 9.17) is 10.00 Å². The summed E-state index contributed by atoms with van der Waals surface area (Å²) < 4.78 is 5.12. The number of aryl methyl sites for hydroxylation is 1. The number of hydrogen-bond donors (Lipinski definition) is 1. The second kappa shape index (κ2) is 7.49. The molecule has 1 aromatic heterocycles. The lowest BCUT2D eigenvalue weighted by Crippen LogP contribution is -2.20. The molecule has 1 aliphatic carbocycles. The van der Waals surface area contributed by atoms with Crippen LogP contribution in [0.4, 0.5) is 5.69 Å². The highest BCUT2D eigenvalue weighted by molar-refractivity contribution is 7.14. The number of nitrogens with zero attached hydrogens (tertiary/aromatic N) is 1. The molecular formula is C19H18N2O3S. The summed E-state index contributed by atoms with van der Waals surface area (Å²) in [4.78, 5) is 25.9. The first-order valence-corrected chi connectivity index (χ1v) is 8.95. The topological polar surface area (TPSA) is 79.2 Å². The monoisotopic (exact) mass is 354 g/mol. The van der Waals surface area contributed by atoms with Gasteiger partial charge in [-0.15, -0.1) is 11.3 Å². The van der Waals surface area contributed by atoms with Crippen LogP contribution in [0, 0.1) is 17.2 Å². The Labute approximate surface area is 150 Å². The van der Waals surface area contributed by atoms with Crippen LogP contribution in [0.2, 0.25) is 0 Å². The van der Waals surface area contributed by atoms with Crippen LogP contribution in [-0.4, -0.2) is 18.5 Å². The van der Waals surface area contributed by atoms with Gasteiger partial charge in [-0.1, -0.05) is 6.92 Å². The number of anilines is 1. The van der Waals surface area contributed by atoms with Gasteiger partial charge in [0.2, 0.25) is 0 Å². The Morgan fingerprint density at radius 1 is 1.36 bits per heavy atom. The molecule has 25 heavy (non-hydrogen) atoms. The molecule has 0 bridgehead atoms. The molecule has 0 saturated heterocycles. The van der Waals surface area contributed by atoms with E-state index >= 15 is 0 Å². The van der Waals surface area contributed by atoms with Crippen LogP contribution in [0.3, 0.4) is 0 Å². The summed E-state index contributed by atoms with van der Waals surface area (Å²) >= 11 is 1.47. The van der Waals surface area contributed by atoms with Crippen molar-refractivity contribution in [2.45, 2.75) is 26.2 Å². The molecule has 0 spiro atoms. The van der Waals surface area contributed by atoms with Gasteiger partial charge in [-0.2, -0.15) is 5.26 Å². The van der Waals surface area contributed by atoms with Crippen molar-refractivity contribution in [3.05, 3.63) is 51.2 Å². The van der Waals surface area contributed by atoms with Crippen LogP contribution in [-0.2, 0) is 22.4 Å². The van der Waals surface area contributed by atoms with E-state index in [2.05, 4.69) is 12.2 Å². The number of fused-ring (bicyclic) bond motifs is 1. The van der Waals surface area contributed by atoms with Gasteiger partial charge in [0, 0.05) is 10.6 Å². The number of esters is 1. The minimum absolute atomic E-state index is 0.336. The standard InChI is InChI=1S/C19H18N2O3S/c1-12-2-7-16-14(8-12)9-17(25-16)19(23)24-11-18(22)21-15-5-3-13(10-20)4-6-15/h3-6,9,12H,2,7-8,11H2,1H3,(H,21,22)/t12-/m1/s1. The molecule has 0 aliphatic heterocycles. The van der Waals surface area contributed by atoms with E-state index in [0.29, 0.717) is 22.0 Å². The molecule has 1 aliphatic rings. The third-order valence-electron chi connectivity index (χ3n) is 4.16. The van der Waals surface area contributed by atoms with Crippen LogP contribution < -0.4 is 5.32 Å². The van der Waals surface area contributed by atoms with Gasteiger partial charge in [-0.3, -0.25) is 4.79 Å². The highest BCUT2D eigenvalue weighted by Crippen LogP contribution is 2.32. The molecule has 3 rings (SSSR count). The zero-order valence-corrected chi connectivity index (χ0v) is 14.7. The van der Waals surface area contributed by atoms with E-state index in [-0.39, 0.29) is 6.61 Å². The van der Waals surface area contributed by atoms with Crippen LogP contribution in [0.15, 0.2) is 30.3 Å². The molecule has 1 aromatic carbocycles. The zero-order valence-electron chi connectivity index (χ0n) is 13.9. The van der Waals surface area contributed by atoms with Crippen molar-refractivity contribution in [3.63, 3.8) is 0 Å². The smallest absolute Gasteiger partial charge is 0.348 e. The van der Waals surface area contributed by atoms with Crippen molar-refractivity contribution < 1.29 is 14.3 Å². The summed E-state index contributed by atoms with van der Waals surface area (Å²) in [5.74, 6) is -0.223. The molecule has 0 radical (unpaired) electrons. The molecule has 0 fully saturated rings. The van der Waals surface area contributed by atoms with Gasteiger partial charge in [0.1, 0.15) is 4.88 Å². The van der Waals surface area contributed by atoms with Gasteiger partial charge in [-0.05, 0) is 61.1 Å². The predicted molar refractivity (Wildman–Crippen MR) is 95.6 cm³/mol. The average Bonchev–Trinajstić information content (AvgIpc) is 3.03. The minimum atomic E-state index is -0.456. The number of nitriles is 1. The number of rotatable bonds is 4. The maximum atomic E-state index is 12.2. The van der Waals surface area contributed by atoms with E-state index in [9.17, 15) is 9.59 Å². The van der Waals surface area contributed by atoms with Crippen LogP contribution in [0.25, 0.3) is 0 Å². The summed E-state index contributed by atoms with van der Waals surface area (Å²) in [5.41, 5.74) is 2.30. The van der Waals surface area contributed by atoms with Crippen molar-refractivity contribution >= 4 is 28.9 Å². The second-order valence-electron chi connectivity index (χ2n) is 6.22. The number of carbonyl (C=O) groups is 2. The number of thiophene rings is 1. The third-order valence-corrected chi connectivity index (χ3v) is 5.38. The average molecular weight is 354 g/mol. The Morgan fingerprint density at radius 2 is 2.12 bits per heavy atom. The fourth-order valence-corrected chi connectivity index (χ4v) is 3.94. The first-order chi connectivity index (χ1) is 12.0. The van der Waals surface area contributed by atoms with Gasteiger partial charge in [0.15, 0.2) is 6.61 Å². The van der Waals surface area contributed by atoms with Gasteiger partial charge in [0.25, 0.3) is 5.91 Å². The lowest BCUT2D eigenvalue weighted by atomic mass is 9.90. The van der Waals surface area contributed by atoms with Crippen molar-refractivity contribution in [3.8, 4) is 6.07 Å². The quantitative estimate of drug-likeness (QED) is 0.852. The van der Waals surface area contributed by atoms with E-state index in [1.54, 1.807) is 24.3 Å². The largest absolute Gasteiger partial charge is 0.451 e. The Hall–Kier alpha value is -2.65. The van der Waals surface area contributed by atoms with Crippen molar-refractivity contribution in [1.29, 1.82) is 5.26 Å². The van der Waals surface area contributed by atoms with Gasteiger partial charge in [-0.25, -0.2) is 4.79 Å². The molecule has 1 N–H and O–H groups in total. The molecule has 6 heteroatoms. The molecule has 5 nitrogen and oxygen atoms in total. The Balaban J connectivity index is 1.53. The summed E-state index contributed by atoms with van der Waals surface area (Å²) in [6, 6.07) is 10.4. The lowest BCUT2D eigenvalue weighted by Gasteiger charge is -2.16. The SMILES string of the molecule is C[C@@H]1CCc2sc(C(=O)OCC(=O)Nc3ccc(C#N)cc3)cc2C1. The zero-order chi connectivity index (χ0) is 17.8. The van der Waals surface area contributed by atoms with Gasteiger partial charge >= 0.3 is 5.97 Å². The van der Waals surface area contributed by atoms with Gasteiger partial charge < -0.3 is 10.1 Å². The van der Waals surface area contributed by atoms with E-state index in [1.165, 1.54) is 21.8 Å². The molecule has 0 saturated carbocycles. The summed E-state index contributed by atoms with van der Waals surface area (Å²) in [5, 5.41) is 11.4. The highest BCUT2D eigenvalue weighted by Gasteiger charge is 2.21. The summed E-state index contributed by atoms with van der Waals surface area (Å²) in [6.07, 6.45) is 3.15. The maximum absolute atomic E-state index is 12.2. The first kappa shape index (κ1) is 17.2. The molecule has 1 atom stereocenters. The summed E-state index contributed by atoms with van der Waals surface area (Å²) in [6.45, 7) is 1.88. The van der Waals surface area contributed by atoms with Crippen LogP contribution in [0.1, 0.15) is 39.0 Å². The Morgan fingerprint density at radius 3 is 2.84 bits per heavy atom. The van der Waals surface area contributed by atoms with E-state index < -0.39 is 11.9 Å². The van der Waals surface area contributed by atoms with E-state index in [1.807, 2.05) is 12.1 Å². The number of ether oxygens (including phenoxy) is 1. The molecular weight excluding hydrogens is 336 g/mol. The Kier molecular flexibility index (Phi) is 5.15. The minimum Gasteiger partial charge on any atom is -0.451 e. The third kappa shape index (κ3) is 4.25. The Bertz CT molecular complexity index is 833. The first-order valence-electron chi connectivity index (χ1n) is 8.14. The van der Waals surface area contributed by atoms with Crippen molar-refractivity contribution in [2.75, 3.05) is 11.9 Å². The molecule has 0 unspecified atom stereocenters. The number of carbonyl (C=O) groups excluding carboxylic acids is 2. The molecule has 1 heterocycles. The fourth-order valence-electron chi connectivity index (χ4n) is 2.83. The summed E-state index contributed by atoms with van der Waals surface area (Å²) in [7, 11) is 0. The molecule has 128 valence electrons. The van der Waals surface area contributed by atoms with Gasteiger partial charge in [0.05, 0.1) is 11.6 Å². The van der Waals surface area contributed by atoms with Crippen molar-refractivity contribution in [2.24, 2.45) is 5.92 Å². The normalized spacial score (nSPS) is 15.8. The lowest BCUT2D eigenvalue weighted by molar-refractivity contribution is -0.119. The fraction of sp³-hybridized carbons (Fsp3) is 0.316. The highest BCUT2D eigenvalue weighted by atomic mass is 32.1. The van der Waals surface area contributed by atoms with Crippen molar-refractivity contribution in [1.82, 2.24) is 0 Å². The molecule has 1 amide bonds. The number of benzene rings is 1. The van der Waals surface area contributed by atoms with E-state index in [0.717, 1.165) is 19.3 Å². The number of nitrogens with one attached hydrogen (secondary N) is 1. The second-order valence-corrected chi connectivity index (χ2v) is 7.36. The maximum Gasteiger partial charge on any atom is 0.348 e. The molecule has 2 aromatic rings. The van der Waals surface area contributed by atoms with Crippen LogP contribution >= 0.6 is 11.3 Å². The number of amides is 1. The van der Waals surface area contributed by atoms with Crippen LogP contribution in [0.5, 0.6) is 0 Å². The number of hydrogen-bond acceptors (Lipinski definition) is 5. The predicted octanol–water partition coefficient (Wildman–Crippen LogP) is 3.54.